The van der Waals surface area contributed by atoms with Crippen LogP contribution in [0.15, 0.2) is 0 Å². The van der Waals surface area contributed by atoms with Gasteiger partial charge in [0, 0.05) is 30.9 Å². The van der Waals surface area contributed by atoms with Gasteiger partial charge < -0.3 is 10.1 Å². The van der Waals surface area contributed by atoms with E-state index >= 15 is 0 Å². The molecule has 0 radical (unpaired) electrons. The van der Waals surface area contributed by atoms with Crippen molar-refractivity contribution in [3.8, 4) is 0 Å². The second kappa shape index (κ2) is 6.54. The Labute approximate surface area is 109 Å². The maximum atomic E-state index is 11.3. The second-order valence-electron chi connectivity index (χ2n) is 4.56. The molecule has 0 saturated carbocycles. The summed E-state index contributed by atoms with van der Waals surface area (Å²) in [7, 11) is 1.94. The highest BCUT2D eigenvalue weighted by Crippen LogP contribution is 2.11. The average Bonchev–Trinajstić information content (AvgIpc) is 2.51. The van der Waals surface area contributed by atoms with Crippen LogP contribution in [0.5, 0.6) is 0 Å². The Balaban J connectivity index is 2.47. The van der Waals surface area contributed by atoms with Gasteiger partial charge in [-0.2, -0.15) is 5.10 Å². The lowest BCUT2D eigenvalue weighted by Crippen LogP contribution is -2.29. The normalized spacial score (nSPS) is 12.5. The van der Waals surface area contributed by atoms with Crippen molar-refractivity contribution in [3.05, 3.63) is 17.0 Å². The molecule has 1 aromatic heterocycles. The zero-order valence-electron chi connectivity index (χ0n) is 11.9. The third-order valence-electron chi connectivity index (χ3n) is 3.06. The third-order valence-corrected chi connectivity index (χ3v) is 3.06. The van der Waals surface area contributed by atoms with Crippen molar-refractivity contribution < 1.29 is 9.53 Å². The van der Waals surface area contributed by atoms with Gasteiger partial charge in [0.1, 0.15) is 0 Å². The maximum absolute atomic E-state index is 11.3. The number of carbonyl (C=O) groups excluding carboxylic acids is 1. The molecular weight excluding hydrogens is 230 g/mol. The van der Waals surface area contributed by atoms with Crippen molar-refractivity contribution in [2.45, 2.75) is 46.7 Å². The Hall–Kier alpha value is -1.36. The van der Waals surface area contributed by atoms with Gasteiger partial charge in [-0.15, -0.1) is 0 Å². The van der Waals surface area contributed by atoms with Crippen LogP contribution in [0.4, 0.5) is 0 Å². The monoisotopic (exact) mass is 253 g/mol. The van der Waals surface area contributed by atoms with Crippen molar-refractivity contribution in [2.75, 3.05) is 6.61 Å². The summed E-state index contributed by atoms with van der Waals surface area (Å²) in [5, 5.41) is 7.69. The summed E-state index contributed by atoms with van der Waals surface area (Å²) >= 11 is 0. The van der Waals surface area contributed by atoms with Gasteiger partial charge in [-0.1, -0.05) is 0 Å². The van der Waals surface area contributed by atoms with E-state index in [1.165, 1.54) is 5.56 Å². The molecule has 18 heavy (non-hydrogen) atoms. The molecule has 102 valence electrons. The Kier molecular flexibility index (Phi) is 5.34. The van der Waals surface area contributed by atoms with E-state index in [9.17, 15) is 4.79 Å². The zero-order chi connectivity index (χ0) is 13.7. The largest absolute Gasteiger partial charge is 0.466 e. The topological polar surface area (TPSA) is 56.1 Å². The predicted octanol–water partition coefficient (Wildman–Crippen LogP) is 1.47. The van der Waals surface area contributed by atoms with E-state index in [1.807, 2.05) is 39.4 Å². The molecule has 1 heterocycles. The minimum atomic E-state index is -0.155. The van der Waals surface area contributed by atoms with E-state index in [4.69, 9.17) is 4.74 Å². The molecule has 1 rings (SSSR count). The van der Waals surface area contributed by atoms with Crippen LogP contribution in [0.1, 0.15) is 37.2 Å². The van der Waals surface area contributed by atoms with Gasteiger partial charge in [0.05, 0.1) is 18.7 Å². The van der Waals surface area contributed by atoms with Crippen molar-refractivity contribution in [3.63, 3.8) is 0 Å². The van der Waals surface area contributed by atoms with Crippen LogP contribution >= 0.6 is 0 Å². The molecule has 0 aliphatic rings. The Morgan fingerprint density at radius 2 is 2.17 bits per heavy atom. The van der Waals surface area contributed by atoms with Crippen molar-refractivity contribution >= 4 is 5.97 Å². The second-order valence-corrected chi connectivity index (χ2v) is 4.56. The van der Waals surface area contributed by atoms with Crippen LogP contribution < -0.4 is 5.32 Å². The number of nitrogens with one attached hydrogen (secondary N) is 1. The van der Waals surface area contributed by atoms with Crippen LogP contribution in [0.25, 0.3) is 0 Å². The van der Waals surface area contributed by atoms with Crippen LogP contribution in [0, 0.1) is 13.8 Å². The number of hydrogen-bond acceptors (Lipinski definition) is 4. The van der Waals surface area contributed by atoms with Gasteiger partial charge in [0.25, 0.3) is 0 Å². The number of carbonyl (C=O) groups is 1. The number of aromatic nitrogens is 2. The van der Waals surface area contributed by atoms with Gasteiger partial charge in [0.2, 0.25) is 0 Å². The van der Waals surface area contributed by atoms with Crippen LogP contribution in [-0.4, -0.2) is 28.4 Å². The fraction of sp³-hybridized carbons (Fsp3) is 0.692. The Morgan fingerprint density at radius 3 is 2.67 bits per heavy atom. The number of esters is 1. The zero-order valence-corrected chi connectivity index (χ0v) is 11.9. The van der Waals surface area contributed by atoms with Gasteiger partial charge in [-0.3, -0.25) is 9.48 Å². The van der Waals surface area contributed by atoms with E-state index in [0.717, 1.165) is 17.9 Å². The van der Waals surface area contributed by atoms with E-state index in [0.29, 0.717) is 13.0 Å². The van der Waals surface area contributed by atoms with Crippen LogP contribution in [0.2, 0.25) is 0 Å². The molecule has 0 spiro atoms. The molecule has 1 N–H and O–H groups in total. The van der Waals surface area contributed by atoms with Gasteiger partial charge in [-0.25, -0.2) is 0 Å². The lowest BCUT2D eigenvalue weighted by atomic mass is 10.1. The molecule has 0 fully saturated rings. The number of nitrogens with zero attached hydrogens (tertiary/aromatic N) is 2. The lowest BCUT2D eigenvalue weighted by Gasteiger charge is -2.13. The first-order chi connectivity index (χ1) is 8.45. The molecule has 0 aromatic carbocycles. The van der Waals surface area contributed by atoms with E-state index in [1.54, 1.807) is 0 Å². The van der Waals surface area contributed by atoms with Crippen LogP contribution in [-0.2, 0) is 23.1 Å². The Bertz CT molecular complexity index is 413. The molecule has 5 heteroatoms. The van der Waals surface area contributed by atoms with Crippen molar-refractivity contribution in [1.29, 1.82) is 0 Å². The van der Waals surface area contributed by atoms with E-state index in [2.05, 4.69) is 10.4 Å². The Morgan fingerprint density at radius 1 is 1.50 bits per heavy atom. The first kappa shape index (κ1) is 14.7. The molecule has 0 saturated heterocycles. The average molecular weight is 253 g/mol. The summed E-state index contributed by atoms with van der Waals surface area (Å²) in [5.74, 6) is -0.155. The van der Waals surface area contributed by atoms with Gasteiger partial charge in [0.15, 0.2) is 0 Å². The number of aryl methyl sites for hydroxylation is 2. The van der Waals surface area contributed by atoms with Gasteiger partial charge in [-0.05, 0) is 27.7 Å². The number of ether oxygens (including phenoxy) is 1. The summed E-state index contributed by atoms with van der Waals surface area (Å²) in [6.07, 6.45) is 0.395. The molecule has 1 unspecified atom stereocenters. The highest BCUT2D eigenvalue weighted by Gasteiger charge is 2.12. The van der Waals surface area contributed by atoms with Crippen molar-refractivity contribution in [1.82, 2.24) is 15.1 Å². The SMILES string of the molecule is CCOC(=O)CC(C)NCc1c(C)nn(C)c1C. The molecule has 0 aliphatic carbocycles. The molecular formula is C13H23N3O2. The smallest absolute Gasteiger partial charge is 0.307 e. The summed E-state index contributed by atoms with van der Waals surface area (Å²) in [5.41, 5.74) is 3.39. The highest BCUT2D eigenvalue weighted by molar-refractivity contribution is 5.70. The summed E-state index contributed by atoms with van der Waals surface area (Å²) in [6, 6.07) is 0.100. The molecule has 0 bridgehead atoms. The van der Waals surface area contributed by atoms with Gasteiger partial charge >= 0.3 is 5.97 Å². The summed E-state index contributed by atoms with van der Waals surface area (Å²) in [4.78, 5) is 11.3. The van der Waals surface area contributed by atoms with Crippen molar-refractivity contribution in [2.24, 2.45) is 7.05 Å². The first-order valence-electron chi connectivity index (χ1n) is 6.33. The maximum Gasteiger partial charge on any atom is 0.307 e. The van der Waals surface area contributed by atoms with E-state index in [-0.39, 0.29) is 12.0 Å². The summed E-state index contributed by atoms with van der Waals surface area (Å²) < 4.78 is 6.80. The fourth-order valence-corrected chi connectivity index (χ4v) is 1.89. The quantitative estimate of drug-likeness (QED) is 0.780. The number of rotatable bonds is 6. The minimum absolute atomic E-state index is 0.100. The van der Waals surface area contributed by atoms with E-state index < -0.39 is 0 Å². The third kappa shape index (κ3) is 3.84. The fourth-order valence-electron chi connectivity index (χ4n) is 1.89. The number of hydrogen-bond donors (Lipinski definition) is 1. The standard InChI is InChI=1S/C13H23N3O2/c1-6-18-13(17)7-9(2)14-8-12-10(3)15-16(5)11(12)4/h9,14H,6-8H2,1-5H3. The molecule has 1 atom stereocenters. The molecule has 0 amide bonds. The highest BCUT2D eigenvalue weighted by atomic mass is 16.5. The molecule has 0 aliphatic heterocycles. The summed E-state index contributed by atoms with van der Waals surface area (Å²) in [6.45, 7) is 9.02. The first-order valence-corrected chi connectivity index (χ1v) is 6.33. The minimum Gasteiger partial charge on any atom is -0.466 e. The lowest BCUT2D eigenvalue weighted by molar-refractivity contribution is -0.143. The predicted molar refractivity (Wildman–Crippen MR) is 70.2 cm³/mol. The molecule has 1 aromatic rings. The van der Waals surface area contributed by atoms with Crippen LogP contribution in [0.3, 0.4) is 0 Å². The molecule has 5 nitrogen and oxygen atoms in total.